The first kappa shape index (κ1) is 21.0. The minimum atomic E-state index is -2.55. The zero-order chi connectivity index (χ0) is 19.2. The number of ether oxygens (including phenoxy) is 1. The molecule has 7 heteroatoms. The molecule has 0 spiro atoms. The van der Waals surface area contributed by atoms with Gasteiger partial charge in [-0.2, -0.15) is 0 Å². The van der Waals surface area contributed by atoms with Gasteiger partial charge in [-0.25, -0.2) is 0 Å². The van der Waals surface area contributed by atoms with E-state index in [9.17, 15) is 19.8 Å². The SMILES string of the molecule is CCCCCCCCCC1OC1/C=C/C(=O)C1(O)C(=O)NC(CO)C1O. The van der Waals surface area contributed by atoms with Crippen molar-refractivity contribution >= 4 is 11.7 Å². The van der Waals surface area contributed by atoms with E-state index < -0.39 is 36.0 Å². The summed E-state index contributed by atoms with van der Waals surface area (Å²) in [5.74, 6) is -1.89. The van der Waals surface area contributed by atoms with Crippen LogP contribution in [-0.2, 0) is 14.3 Å². The molecule has 2 aliphatic heterocycles. The molecule has 0 aliphatic carbocycles. The second-order valence-corrected chi connectivity index (χ2v) is 7.25. The second kappa shape index (κ2) is 9.60. The topological polar surface area (TPSA) is 119 Å². The van der Waals surface area contributed by atoms with Crippen molar-refractivity contribution in [2.24, 2.45) is 0 Å². The molecule has 2 saturated heterocycles. The number of carbonyl (C=O) groups is 2. The van der Waals surface area contributed by atoms with E-state index in [1.54, 1.807) is 0 Å². The van der Waals surface area contributed by atoms with E-state index in [0.29, 0.717) is 0 Å². The lowest BCUT2D eigenvalue weighted by Gasteiger charge is -2.21. The Morgan fingerprint density at radius 1 is 1.23 bits per heavy atom. The van der Waals surface area contributed by atoms with Crippen LogP contribution in [0.5, 0.6) is 0 Å². The standard InChI is InChI=1S/C19H31NO6/c1-2-3-4-5-6-7-8-9-14-15(26-14)10-11-16(22)19(25)17(23)13(12-21)20-18(19)24/h10-11,13-15,17,21,23,25H,2-9,12H2,1H3,(H,20,24)/b11-10+. The number of unbranched alkanes of at least 4 members (excludes halogenated alkanes) is 6. The molecule has 2 aliphatic rings. The molecule has 4 N–H and O–H groups in total. The number of hydrogen-bond acceptors (Lipinski definition) is 6. The first-order valence-corrected chi connectivity index (χ1v) is 9.65. The van der Waals surface area contributed by atoms with Gasteiger partial charge in [-0.05, 0) is 18.6 Å². The predicted octanol–water partition coefficient (Wildman–Crippen LogP) is 0.602. The van der Waals surface area contributed by atoms with E-state index >= 15 is 0 Å². The van der Waals surface area contributed by atoms with Gasteiger partial charge in [0.25, 0.3) is 5.91 Å². The van der Waals surface area contributed by atoms with Crippen molar-refractivity contribution in [1.82, 2.24) is 5.32 Å². The van der Waals surface area contributed by atoms with Crippen LogP contribution in [0.25, 0.3) is 0 Å². The Kier molecular flexibility index (Phi) is 7.76. The zero-order valence-corrected chi connectivity index (χ0v) is 15.4. The second-order valence-electron chi connectivity index (χ2n) is 7.25. The highest BCUT2D eigenvalue weighted by Crippen LogP contribution is 2.30. The van der Waals surface area contributed by atoms with Crippen molar-refractivity contribution in [2.45, 2.75) is 88.2 Å². The maximum absolute atomic E-state index is 12.2. The smallest absolute Gasteiger partial charge is 0.263 e. The van der Waals surface area contributed by atoms with Crippen LogP contribution in [-0.4, -0.2) is 63.6 Å². The van der Waals surface area contributed by atoms with Gasteiger partial charge in [0, 0.05) is 0 Å². The first-order valence-electron chi connectivity index (χ1n) is 9.65. The summed E-state index contributed by atoms with van der Waals surface area (Å²) < 4.78 is 5.48. The number of nitrogens with one attached hydrogen (secondary N) is 1. The van der Waals surface area contributed by atoms with Gasteiger partial charge in [0.2, 0.25) is 5.60 Å². The van der Waals surface area contributed by atoms with Crippen molar-refractivity contribution in [3.05, 3.63) is 12.2 Å². The molecular formula is C19H31NO6. The van der Waals surface area contributed by atoms with Gasteiger partial charge in [-0.1, -0.05) is 51.9 Å². The third kappa shape index (κ3) is 4.91. The van der Waals surface area contributed by atoms with Crippen LogP contribution in [0, 0.1) is 0 Å². The monoisotopic (exact) mass is 369 g/mol. The minimum Gasteiger partial charge on any atom is -0.394 e. The number of ketones is 1. The van der Waals surface area contributed by atoms with Crippen LogP contribution >= 0.6 is 0 Å². The summed E-state index contributed by atoms with van der Waals surface area (Å²) in [5, 5.41) is 31.4. The fourth-order valence-corrected chi connectivity index (χ4v) is 3.36. The molecule has 5 unspecified atom stereocenters. The normalized spacial score (nSPS) is 33.6. The quantitative estimate of drug-likeness (QED) is 0.173. The van der Waals surface area contributed by atoms with Gasteiger partial charge in [-0.15, -0.1) is 0 Å². The molecule has 2 rings (SSSR count). The molecule has 5 atom stereocenters. The summed E-state index contributed by atoms with van der Waals surface area (Å²) in [5.41, 5.74) is -2.55. The molecule has 0 radical (unpaired) electrons. The lowest BCUT2D eigenvalue weighted by atomic mass is 9.91. The molecule has 2 fully saturated rings. The van der Waals surface area contributed by atoms with Gasteiger partial charge in [-0.3, -0.25) is 9.59 Å². The number of epoxide rings is 1. The Labute approximate surface area is 154 Å². The number of hydrogen-bond donors (Lipinski definition) is 4. The number of aliphatic hydroxyl groups is 3. The van der Waals surface area contributed by atoms with Crippen LogP contribution in [0.15, 0.2) is 12.2 Å². The van der Waals surface area contributed by atoms with E-state index in [0.717, 1.165) is 18.9 Å². The van der Waals surface area contributed by atoms with E-state index in [2.05, 4.69) is 12.2 Å². The molecule has 0 aromatic heterocycles. The largest absolute Gasteiger partial charge is 0.394 e. The van der Waals surface area contributed by atoms with E-state index in [-0.39, 0.29) is 12.2 Å². The third-order valence-corrected chi connectivity index (χ3v) is 5.20. The van der Waals surface area contributed by atoms with Crippen LogP contribution in [0.1, 0.15) is 58.3 Å². The molecule has 148 valence electrons. The van der Waals surface area contributed by atoms with Gasteiger partial charge < -0.3 is 25.4 Å². The molecule has 1 amide bonds. The highest BCUT2D eigenvalue weighted by atomic mass is 16.6. The van der Waals surface area contributed by atoms with Crippen LogP contribution in [0.2, 0.25) is 0 Å². The molecular weight excluding hydrogens is 338 g/mol. The molecule has 0 aromatic carbocycles. The lowest BCUT2D eigenvalue weighted by molar-refractivity contribution is -0.154. The Bertz CT molecular complexity index is 522. The van der Waals surface area contributed by atoms with Crippen molar-refractivity contribution < 1.29 is 29.6 Å². The summed E-state index contributed by atoms with van der Waals surface area (Å²) in [7, 11) is 0. The maximum atomic E-state index is 12.2. The fraction of sp³-hybridized carbons (Fsp3) is 0.789. The van der Waals surface area contributed by atoms with E-state index in [1.165, 1.54) is 44.6 Å². The number of rotatable bonds is 12. The molecule has 0 aromatic rings. The summed E-state index contributed by atoms with van der Waals surface area (Å²) in [4.78, 5) is 24.0. The Hall–Kier alpha value is -1.28. The Morgan fingerprint density at radius 3 is 2.50 bits per heavy atom. The van der Waals surface area contributed by atoms with Crippen molar-refractivity contribution in [3.63, 3.8) is 0 Å². The maximum Gasteiger partial charge on any atom is 0.263 e. The molecule has 0 saturated carbocycles. The molecule has 2 heterocycles. The zero-order valence-electron chi connectivity index (χ0n) is 15.4. The van der Waals surface area contributed by atoms with E-state index in [4.69, 9.17) is 9.84 Å². The fourth-order valence-electron chi connectivity index (χ4n) is 3.36. The minimum absolute atomic E-state index is 0.0804. The van der Waals surface area contributed by atoms with Gasteiger partial charge in [0.1, 0.15) is 12.2 Å². The Morgan fingerprint density at radius 2 is 1.88 bits per heavy atom. The predicted molar refractivity (Wildman–Crippen MR) is 95.4 cm³/mol. The average Bonchev–Trinajstić information content (AvgIpc) is 3.35. The third-order valence-electron chi connectivity index (χ3n) is 5.20. The average molecular weight is 369 g/mol. The van der Waals surface area contributed by atoms with Crippen molar-refractivity contribution in [3.8, 4) is 0 Å². The highest BCUT2D eigenvalue weighted by Gasteiger charge is 2.58. The van der Waals surface area contributed by atoms with Crippen LogP contribution in [0.4, 0.5) is 0 Å². The molecule has 0 bridgehead atoms. The van der Waals surface area contributed by atoms with Gasteiger partial charge >= 0.3 is 0 Å². The van der Waals surface area contributed by atoms with Crippen LogP contribution < -0.4 is 5.32 Å². The summed E-state index contributed by atoms with van der Waals surface area (Å²) in [6.07, 6.45) is 10.4. The number of amides is 1. The van der Waals surface area contributed by atoms with Crippen LogP contribution in [0.3, 0.4) is 0 Å². The first-order chi connectivity index (χ1) is 12.4. The number of carbonyl (C=O) groups excluding carboxylic acids is 2. The lowest BCUT2D eigenvalue weighted by Crippen LogP contribution is -2.52. The summed E-state index contributed by atoms with van der Waals surface area (Å²) >= 11 is 0. The van der Waals surface area contributed by atoms with Gasteiger partial charge in [0.05, 0.1) is 18.8 Å². The van der Waals surface area contributed by atoms with Crippen molar-refractivity contribution in [1.29, 1.82) is 0 Å². The van der Waals surface area contributed by atoms with Crippen molar-refractivity contribution in [2.75, 3.05) is 6.61 Å². The highest BCUT2D eigenvalue weighted by molar-refractivity contribution is 6.16. The van der Waals surface area contributed by atoms with E-state index in [1.807, 2.05) is 0 Å². The number of aliphatic hydroxyl groups excluding tert-OH is 2. The summed E-state index contributed by atoms with van der Waals surface area (Å²) in [6.45, 7) is 1.64. The van der Waals surface area contributed by atoms with Gasteiger partial charge in [0.15, 0.2) is 5.78 Å². The summed E-state index contributed by atoms with van der Waals surface area (Å²) in [6, 6.07) is -1.05. The molecule has 7 nitrogen and oxygen atoms in total. The molecule has 26 heavy (non-hydrogen) atoms. The Balaban J connectivity index is 1.69.